The van der Waals surface area contributed by atoms with Crippen molar-refractivity contribution in [2.45, 2.75) is 233 Å². The van der Waals surface area contributed by atoms with E-state index in [-0.39, 0.29) is 115 Å². The molecule has 17 rings (SSSR count). The lowest BCUT2D eigenvalue weighted by Crippen LogP contribution is -2.71. The Bertz CT molecular complexity index is 3530. The van der Waals surface area contributed by atoms with Gasteiger partial charge in [-0.25, -0.2) is 4.79 Å². The van der Waals surface area contributed by atoms with E-state index in [1.807, 2.05) is 43.4 Å². The summed E-state index contributed by atoms with van der Waals surface area (Å²) in [6.45, 7) is 2.32. The highest BCUT2D eigenvalue weighted by Gasteiger charge is 2.69. The zero-order valence-electron chi connectivity index (χ0n) is 53.9. The van der Waals surface area contributed by atoms with Crippen molar-refractivity contribution in [1.29, 1.82) is 0 Å². The van der Waals surface area contributed by atoms with Crippen molar-refractivity contribution < 1.29 is 59.2 Å². The molecule has 7 heterocycles. The minimum absolute atomic E-state index is 0.0133. The van der Waals surface area contributed by atoms with Gasteiger partial charge in [0.05, 0.1) is 42.2 Å². The minimum Gasteiger partial charge on any atom is -0.507 e. The predicted octanol–water partition coefficient (Wildman–Crippen LogP) is 10.5. The van der Waals surface area contributed by atoms with E-state index < -0.39 is 76.8 Å². The van der Waals surface area contributed by atoms with Gasteiger partial charge in [-0.05, 0) is 229 Å². The van der Waals surface area contributed by atoms with Crippen LogP contribution in [0.25, 0.3) is 0 Å². The van der Waals surface area contributed by atoms with Gasteiger partial charge < -0.3 is 55.5 Å². The average Bonchev–Trinajstić information content (AvgIpc) is 0.712. The lowest BCUT2D eigenvalue weighted by Gasteiger charge is -2.66. The van der Waals surface area contributed by atoms with E-state index in [0.29, 0.717) is 71.4 Å². The number of hydrogen-bond donors (Lipinski definition) is 8. The molecule has 1 saturated heterocycles. The number of phenolic OH excluding ortho intramolecular Hbond substituents is 1. The molecule has 3 aromatic carbocycles. The van der Waals surface area contributed by atoms with Crippen LogP contribution in [0.2, 0.25) is 0 Å². The monoisotopic (exact) mass is 1250 g/mol. The van der Waals surface area contributed by atoms with Crippen LogP contribution >= 0.6 is 0 Å². The first-order chi connectivity index (χ1) is 44.4. The molecule has 8 fully saturated rings. The third kappa shape index (κ3) is 11.4. The van der Waals surface area contributed by atoms with Gasteiger partial charge in [-0.15, -0.1) is 0 Å². The van der Waals surface area contributed by atoms with Gasteiger partial charge in [0.1, 0.15) is 40.7 Å². The molecule has 490 valence electrons. The second-order valence-electron chi connectivity index (χ2n) is 31.3. The highest BCUT2D eigenvalue weighted by molar-refractivity contribution is 5.89. The molecule has 14 heteroatoms. The highest BCUT2D eigenvalue weighted by Crippen LogP contribution is 2.66. The maximum absolute atomic E-state index is 16.4. The molecule has 18 bridgehead atoms. The van der Waals surface area contributed by atoms with E-state index in [4.69, 9.17) is 14.2 Å². The van der Waals surface area contributed by atoms with Crippen LogP contribution in [0, 0.1) is 88.3 Å². The molecule has 7 aliphatic heterocycles. The number of carbonyl (C=O) groups is 3. The zero-order valence-corrected chi connectivity index (χ0v) is 53.9. The molecule has 1 spiro atoms. The lowest BCUT2D eigenvalue weighted by atomic mass is 9.40. The quantitative estimate of drug-likeness (QED) is 0.0692. The van der Waals surface area contributed by atoms with E-state index in [0.717, 1.165) is 120 Å². The van der Waals surface area contributed by atoms with Crippen molar-refractivity contribution in [2.75, 3.05) is 25.5 Å². The Morgan fingerprint density at radius 3 is 2.35 bits per heavy atom. The van der Waals surface area contributed by atoms with Crippen LogP contribution in [0.4, 0.5) is 5.69 Å². The Balaban J connectivity index is 0.930. The molecule has 0 amide bonds. The average molecular weight is 1250 g/mol. The first kappa shape index (κ1) is 62.6. The van der Waals surface area contributed by atoms with E-state index in [1.54, 1.807) is 13.0 Å². The molecule has 7 aliphatic carbocycles. The van der Waals surface area contributed by atoms with E-state index >= 15 is 4.79 Å². The Morgan fingerprint density at radius 1 is 0.739 bits per heavy atom. The molecule has 21 unspecified atom stereocenters. The standard InChI is InChI=1S/C78H96N2O12/c1-76(88)42-80-56-33-52(32-54(34-56)73(85)77(26-24-46(40-77)41-79-2)25-23-43-15-21-64-50(28-43)19-22-65(90-64)74(76)86)48-16-17-49-39-67(83)92-72-60(49)36-53(71(84)68(72)47-11-4-3-5-12-47)38-66-78(89)62-14-7-6-13-58(62)59-20-18-51-37-63(82)61(69(59)70(51)78)30-45-10-8-9-44(27-45)29-57(81)35-55(31-48)75(87)91-66/h8-10,27,32-36,43,46-51,57-59,61-62,64-66,69-70,73-74,79-81,84-86,88-89H,3-7,11-15,18-22,24,26,28-31,37-42H2,1-2H3. The van der Waals surface area contributed by atoms with Crippen molar-refractivity contribution in [2.24, 2.45) is 64.6 Å². The second-order valence-corrected chi connectivity index (χ2v) is 31.3. The number of esters is 2. The van der Waals surface area contributed by atoms with Crippen LogP contribution in [0.5, 0.6) is 11.5 Å². The molecule has 8 N–H and O–H groups in total. The lowest BCUT2D eigenvalue weighted by molar-refractivity contribution is -0.265. The first-order valence-corrected chi connectivity index (χ1v) is 35.8. The van der Waals surface area contributed by atoms with E-state index in [9.17, 15) is 40.2 Å². The van der Waals surface area contributed by atoms with Crippen molar-refractivity contribution >= 4 is 23.4 Å². The van der Waals surface area contributed by atoms with Gasteiger partial charge in [0.2, 0.25) is 0 Å². The number of benzene rings is 3. The number of nitrogens with one attached hydrogen (secondary N) is 2. The first-order valence-electron chi connectivity index (χ1n) is 35.8. The largest absolute Gasteiger partial charge is 0.507 e. The molecule has 14 aliphatic rings. The third-order valence-electron chi connectivity index (χ3n) is 25.7. The maximum Gasteiger partial charge on any atom is 0.334 e. The molecule has 21 atom stereocenters. The summed E-state index contributed by atoms with van der Waals surface area (Å²) in [6, 6.07) is 15.8. The number of aliphatic hydroxyl groups is 5. The molecule has 7 saturated carbocycles. The van der Waals surface area contributed by atoms with Crippen molar-refractivity contribution in [3.8, 4) is 35.2 Å². The van der Waals surface area contributed by atoms with Crippen LogP contribution in [0.1, 0.15) is 211 Å². The fraction of sp³-hybridized carbons (Fsp3) is 0.654. The summed E-state index contributed by atoms with van der Waals surface area (Å²) in [5.41, 5.74) is 1.30. The number of aliphatic hydroxyl groups excluding tert-OH is 3. The normalized spacial score (nSPS) is 40.9. The predicted molar refractivity (Wildman–Crippen MR) is 347 cm³/mol. The van der Waals surface area contributed by atoms with Gasteiger partial charge in [-0.1, -0.05) is 86.1 Å². The topological polar surface area (TPSA) is 224 Å². The number of hydrogen-bond acceptors (Lipinski definition) is 14. The van der Waals surface area contributed by atoms with Gasteiger partial charge in [0.15, 0.2) is 0 Å². The number of Topliss-reactive ketones (excluding diaryl/α,β-unsaturated/α-hetero) is 1. The molecule has 92 heavy (non-hydrogen) atoms. The minimum atomic E-state index is -1.66. The van der Waals surface area contributed by atoms with Crippen LogP contribution in [-0.2, 0) is 43.1 Å². The van der Waals surface area contributed by atoms with E-state index in [1.165, 1.54) is 0 Å². The molecule has 14 nitrogen and oxygen atoms in total. The summed E-state index contributed by atoms with van der Waals surface area (Å²) in [5, 5.41) is 85.2. The molecular formula is C78H96N2O12. The SMILES string of the molecule is CNCC1CCC2(C#CC3CCC4OC(CCC4C3)C(O)C(C)(O)CNc3cc(C4C#CC5CC(=O)Oc6c5cc(c(O)c6C5CCCCC5)CC5OC(=O)C(=CC(O)Cc6cccc(c6)CC6C(=O)CC7CCC8C9CCCCC9C5(O)C7C68)C4)cc(c3)C2O)C1. The molecular weight excluding hydrogens is 1160 g/mol. The van der Waals surface area contributed by atoms with Crippen molar-refractivity contribution in [3.05, 3.63) is 99.1 Å². The Labute approximate surface area is 542 Å². The number of ketones is 1. The van der Waals surface area contributed by atoms with E-state index in [2.05, 4.69) is 46.4 Å². The molecule has 0 radical (unpaired) electrons. The van der Waals surface area contributed by atoms with Crippen LogP contribution in [-0.4, -0.2) is 110 Å². The van der Waals surface area contributed by atoms with Crippen LogP contribution < -0.4 is 15.4 Å². The van der Waals surface area contributed by atoms with Gasteiger partial charge in [-0.2, -0.15) is 0 Å². The number of ether oxygens (including phenoxy) is 3. The number of fused-ring (bicyclic) bond motifs is 12. The van der Waals surface area contributed by atoms with Gasteiger partial charge in [0.25, 0.3) is 0 Å². The Hall–Kier alpha value is -5.55. The molecule has 3 aromatic rings. The van der Waals surface area contributed by atoms with Crippen molar-refractivity contribution in [3.63, 3.8) is 0 Å². The number of rotatable bonds is 4. The fourth-order valence-corrected chi connectivity index (χ4v) is 21.3. The van der Waals surface area contributed by atoms with Crippen LogP contribution in [0.3, 0.4) is 0 Å². The smallest absolute Gasteiger partial charge is 0.334 e. The van der Waals surface area contributed by atoms with Gasteiger partial charge >= 0.3 is 11.9 Å². The summed E-state index contributed by atoms with van der Waals surface area (Å²) in [7, 11) is 1.96. The van der Waals surface area contributed by atoms with Crippen LogP contribution in [0.15, 0.2) is 60.2 Å². The third-order valence-corrected chi connectivity index (χ3v) is 25.7. The second kappa shape index (κ2) is 24.9. The fourth-order valence-electron chi connectivity index (χ4n) is 21.3. The zero-order chi connectivity index (χ0) is 63.4. The van der Waals surface area contributed by atoms with Crippen molar-refractivity contribution in [1.82, 2.24) is 5.32 Å². The Morgan fingerprint density at radius 2 is 1.51 bits per heavy atom. The van der Waals surface area contributed by atoms with Gasteiger partial charge in [0, 0.05) is 65.9 Å². The summed E-state index contributed by atoms with van der Waals surface area (Å²) >= 11 is 0. The highest BCUT2D eigenvalue weighted by atomic mass is 16.6. The number of anilines is 1. The molecule has 0 aromatic heterocycles. The summed E-state index contributed by atoms with van der Waals surface area (Å²) in [4.78, 5) is 45.5. The summed E-state index contributed by atoms with van der Waals surface area (Å²) < 4.78 is 20.3. The maximum atomic E-state index is 16.4. The number of aromatic hydroxyl groups is 1. The Kier molecular flexibility index (Phi) is 16.9. The summed E-state index contributed by atoms with van der Waals surface area (Å²) in [5.74, 6) is 12.0. The number of carbonyl (C=O) groups excluding carboxylic acids is 3. The summed E-state index contributed by atoms with van der Waals surface area (Å²) in [6.07, 6.45) is 12.9. The van der Waals surface area contributed by atoms with Gasteiger partial charge in [-0.3, -0.25) is 9.59 Å². The number of phenols is 1.